The number of nitrogens with one attached hydrogen (secondary N) is 1. The summed E-state index contributed by atoms with van der Waals surface area (Å²) < 4.78 is 5.18. The summed E-state index contributed by atoms with van der Waals surface area (Å²) in [7, 11) is 1.52. The summed E-state index contributed by atoms with van der Waals surface area (Å²) in [5, 5.41) is 3.36. The van der Waals surface area contributed by atoms with Crippen LogP contribution >= 0.6 is 11.6 Å². The zero-order valence-electron chi connectivity index (χ0n) is 13.8. The van der Waals surface area contributed by atoms with Gasteiger partial charge in [-0.1, -0.05) is 29.8 Å². The Balaban J connectivity index is 1.59. The van der Waals surface area contributed by atoms with E-state index in [1.54, 1.807) is 30.3 Å². The van der Waals surface area contributed by atoms with Crippen molar-refractivity contribution in [3.63, 3.8) is 0 Å². The van der Waals surface area contributed by atoms with Crippen LogP contribution in [0.1, 0.15) is 19.3 Å². The maximum absolute atomic E-state index is 12.4. The van der Waals surface area contributed by atoms with Crippen LogP contribution in [0, 0.1) is 11.8 Å². The fourth-order valence-electron chi connectivity index (χ4n) is 3.29. The molecule has 2 aliphatic rings. The molecule has 1 N–H and O–H groups in total. The quantitative estimate of drug-likeness (QED) is 0.817. The van der Waals surface area contributed by atoms with Crippen LogP contribution in [0.25, 0.3) is 0 Å². The number of ether oxygens (including phenoxy) is 1. The van der Waals surface area contributed by atoms with Gasteiger partial charge < -0.3 is 10.1 Å². The number of nitrogens with zero attached hydrogens (tertiary/aromatic N) is 1. The molecule has 132 valence electrons. The Hall–Kier alpha value is -2.34. The second kappa shape index (κ2) is 7.27. The number of amides is 3. The average Bonchev–Trinajstić information content (AvgIpc) is 2.84. The molecule has 1 aromatic carbocycles. The minimum Gasteiger partial charge on any atom is -0.495 e. The zero-order chi connectivity index (χ0) is 18.0. The van der Waals surface area contributed by atoms with Gasteiger partial charge in [0.25, 0.3) is 0 Å². The molecule has 0 unspecified atom stereocenters. The molecule has 6 nitrogen and oxygen atoms in total. The Kier molecular flexibility index (Phi) is 5.08. The van der Waals surface area contributed by atoms with Crippen molar-refractivity contribution in [1.82, 2.24) is 4.90 Å². The normalized spacial score (nSPS) is 22.5. The Bertz CT molecular complexity index is 746. The third-order valence-corrected chi connectivity index (χ3v) is 4.91. The number of para-hydroxylation sites is 2. The Labute approximate surface area is 150 Å². The van der Waals surface area contributed by atoms with Crippen molar-refractivity contribution < 1.29 is 19.1 Å². The molecule has 1 heterocycles. The lowest BCUT2D eigenvalue weighted by atomic mass is 9.85. The maximum Gasteiger partial charge on any atom is 0.233 e. The highest BCUT2D eigenvalue weighted by atomic mass is 35.5. The predicted molar refractivity (Wildman–Crippen MR) is 93.1 cm³/mol. The van der Waals surface area contributed by atoms with Crippen LogP contribution in [-0.2, 0) is 14.4 Å². The first kappa shape index (κ1) is 17.5. The van der Waals surface area contributed by atoms with E-state index in [1.807, 2.05) is 0 Å². The van der Waals surface area contributed by atoms with Crippen LogP contribution in [0.15, 0.2) is 35.4 Å². The summed E-state index contributed by atoms with van der Waals surface area (Å²) in [5.41, 5.74) is 0.554. The van der Waals surface area contributed by atoms with Crippen LogP contribution in [0.2, 0.25) is 0 Å². The Morgan fingerprint density at radius 2 is 2.00 bits per heavy atom. The molecule has 1 aliphatic heterocycles. The highest BCUT2D eigenvalue weighted by Crippen LogP contribution is 2.38. The largest absolute Gasteiger partial charge is 0.495 e. The Morgan fingerprint density at radius 3 is 2.76 bits per heavy atom. The lowest BCUT2D eigenvalue weighted by Gasteiger charge is -2.17. The molecule has 0 bridgehead atoms. The van der Waals surface area contributed by atoms with Crippen LogP contribution in [0.4, 0.5) is 5.69 Å². The molecule has 25 heavy (non-hydrogen) atoms. The van der Waals surface area contributed by atoms with Gasteiger partial charge in [0.05, 0.1) is 24.6 Å². The summed E-state index contributed by atoms with van der Waals surface area (Å²) in [6.07, 6.45) is 2.72. The van der Waals surface area contributed by atoms with Crippen LogP contribution in [-0.4, -0.2) is 36.3 Å². The van der Waals surface area contributed by atoms with Gasteiger partial charge in [0.2, 0.25) is 17.7 Å². The molecule has 0 radical (unpaired) electrons. The molecular weight excluding hydrogens is 344 g/mol. The van der Waals surface area contributed by atoms with E-state index in [0.29, 0.717) is 29.3 Å². The SMILES string of the molecule is COc1ccccc1NC(=O)CCN1C(=O)[C@H]2CC(Cl)=CC[C@H]2C1=O. The molecule has 1 fully saturated rings. The van der Waals surface area contributed by atoms with Crippen LogP contribution in [0.5, 0.6) is 5.75 Å². The molecule has 0 saturated carbocycles. The van der Waals surface area contributed by atoms with E-state index in [4.69, 9.17) is 16.3 Å². The van der Waals surface area contributed by atoms with E-state index in [9.17, 15) is 14.4 Å². The number of hydrogen-bond acceptors (Lipinski definition) is 4. The number of hydrogen-bond donors (Lipinski definition) is 1. The topological polar surface area (TPSA) is 75.7 Å². The lowest BCUT2D eigenvalue weighted by molar-refractivity contribution is -0.140. The van der Waals surface area contributed by atoms with E-state index in [2.05, 4.69) is 5.32 Å². The smallest absolute Gasteiger partial charge is 0.233 e. The van der Waals surface area contributed by atoms with Crippen LogP contribution < -0.4 is 10.1 Å². The van der Waals surface area contributed by atoms with Gasteiger partial charge >= 0.3 is 0 Å². The minimum absolute atomic E-state index is 0.0378. The number of imide groups is 1. The summed E-state index contributed by atoms with van der Waals surface area (Å²) in [5.74, 6) is -0.895. The van der Waals surface area contributed by atoms with Crippen molar-refractivity contribution in [2.24, 2.45) is 11.8 Å². The van der Waals surface area contributed by atoms with Gasteiger partial charge in [-0.2, -0.15) is 0 Å². The highest BCUT2D eigenvalue weighted by molar-refractivity contribution is 6.30. The molecule has 0 spiro atoms. The monoisotopic (exact) mass is 362 g/mol. The number of likely N-dealkylation sites (tertiary alicyclic amines) is 1. The van der Waals surface area contributed by atoms with E-state index >= 15 is 0 Å². The van der Waals surface area contributed by atoms with Crippen molar-refractivity contribution in [3.05, 3.63) is 35.4 Å². The number of fused-ring (bicyclic) bond motifs is 1. The second-order valence-electron chi connectivity index (χ2n) is 6.13. The van der Waals surface area contributed by atoms with Gasteiger partial charge in [-0.15, -0.1) is 0 Å². The average molecular weight is 363 g/mol. The summed E-state index contributed by atoms with van der Waals surface area (Å²) in [6.45, 7) is 0.0727. The number of allylic oxidation sites excluding steroid dienone is 2. The highest BCUT2D eigenvalue weighted by Gasteiger charge is 2.48. The molecule has 0 aromatic heterocycles. The zero-order valence-corrected chi connectivity index (χ0v) is 14.6. The van der Waals surface area contributed by atoms with Crippen molar-refractivity contribution >= 4 is 35.0 Å². The third-order valence-electron chi connectivity index (χ3n) is 4.60. The number of carbonyl (C=O) groups excluding carboxylic acids is 3. The molecular formula is C18H19ClN2O4. The predicted octanol–water partition coefficient (Wildman–Crippen LogP) is 2.54. The van der Waals surface area contributed by atoms with Crippen molar-refractivity contribution in [3.8, 4) is 5.75 Å². The van der Waals surface area contributed by atoms with Gasteiger partial charge in [0, 0.05) is 18.0 Å². The molecule has 1 saturated heterocycles. The minimum atomic E-state index is -0.387. The van der Waals surface area contributed by atoms with Crippen molar-refractivity contribution in [1.29, 1.82) is 0 Å². The first-order chi connectivity index (χ1) is 12.0. The first-order valence-corrected chi connectivity index (χ1v) is 8.51. The van der Waals surface area contributed by atoms with E-state index in [1.165, 1.54) is 12.0 Å². The van der Waals surface area contributed by atoms with E-state index in [0.717, 1.165) is 0 Å². The third kappa shape index (κ3) is 3.54. The fourth-order valence-corrected chi connectivity index (χ4v) is 3.55. The van der Waals surface area contributed by atoms with Gasteiger partial charge in [-0.25, -0.2) is 0 Å². The van der Waals surface area contributed by atoms with Gasteiger partial charge in [0.1, 0.15) is 5.75 Å². The number of rotatable bonds is 5. The number of methoxy groups -OCH3 is 1. The van der Waals surface area contributed by atoms with Crippen LogP contribution in [0.3, 0.4) is 0 Å². The maximum atomic E-state index is 12.4. The first-order valence-electron chi connectivity index (χ1n) is 8.14. The molecule has 1 aromatic rings. The molecule has 7 heteroatoms. The number of halogens is 1. The Morgan fingerprint density at radius 1 is 1.28 bits per heavy atom. The van der Waals surface area contributed by atoms with Crippen molar-refractivity contribution in [2.75, 3.05) is 19.0 Å². The number of benzene rings is 1. The molecule has 1 aliphatic carbocycles. The molecule has 2 atom stereocenters. The number of anilines is 1. The lowest BCUT2D eigenvalue weighted by Crippen LogP contribution is -2.34. The second-order valence-corrected chi connectivity index (χ2v) is 6.62. The van der Waals surface area contributed by atoms with Gasteiger partial charge in [-0.05, 0) is 25.0 Å². The van der Waals surface area contributed by atoms with E-state index < -0.39 is 0 Å². The van der Waals surface area contributed by atoms with E-state index in [-0.39, 0.29) is 42.5 Å². The fraction of sp³-hybridized carbons (Fsp3) is 0.389. The summed E-state index contributed by atoms with van der Waals surface area (Å²) >= 11 is 5.99. The standard InChI is InChI=1S/C18H19ClN2O4/c1-25-15-5-3-2-4-14(15)20-16(22)8-9-21-17(23)12-7-6-11(19)10-13(12)18(21)24/h2-6,12-13H,7-10H2,1H3,(H,20,22)/t12-,13+/m1/s1. The molecule has 3 rings (SSSR count). The van der Waals surface area contributed by atoms with Crippen molar-refractivity contribution in [2.45, 2.75) is 19.3 Å². The van der Waals surface area contributed by atoms with Gasteiger partial charge in [-0.3, -0.25) is 19.3 Å². The summed E-state index contributed by atoms with van der Waals surface area (Å²) in [4.78, 5) is 38.2. The number of carbonyl (C=O) groups is 3. The molecule has 3 amide bonds. The summed E-state index contributed by atoms with van der Waals surface area (Å²) in [6, 6.07) is 7.06. The van der Waals surface area contributed by atoms with Gasteiger partial charge in [0.15, 0.2) is 0 Å².